The number of benzene rings is 1. The Bertz CT molecular complexity index is 668. The van der Waals surface area contributed by atoms with Crippen molar-refractivity contribution in [1.82, 2.24) is 9.97 Å². The fourth-order valence-corrected chi connectivity index (χ4v) is 2.07. The zero-order valence-electron chi connectivity index (χ0n) is 10.4. The number of nitriles is 1. The molecule has 96 valence electrons. The molecule has 1 N–H and O–H groups in total. The second-order valence-electron chi connectivity index (χ2n) is 4.69. The zero-order valence-corrected chi connectivity index (χ0v) is 10.4. The molecule has 1 fully saturated rings. The number of halogens is 1. The Labute approximate surface area is 109 Å². The summed E-state index contributed by atoms with van der Waals surface area (Å²) >= 11 is 0. The number of nitrogens with zero attached hydrogens (tertiary/aromatic N) is 2. The topological polar surface area (TPSA) is 61.7 Å². The van der Waals surface area contributed by atoms with Crippen LogP contribution >= 0.6 is 0 Å². The van der Waals surface area contributed by atoms with Gasteiger partial charge in [-0.2, -0.15) is 5.26 Å². The molecule has 1 aromatic heterocycles. The summed E-state index contributed by atoms with van der Waals surface area (Å²) in [6.45, 7) is 0. The Balaban J connectivity index is 1.95. The van der Waals surface area contributed by atoms with Crippen LogP contribution in [0.2, 0.25) is 0 Å². The van der Waals surface area contributed by atoms with Crippen molar-refractivity contribution >= 4 is 0 Å². The number of aromatic nitrogens is 2. The Kier molecular flexibility index (Phi) is 2.53. The minimum Gasteiger partial charge on any atom is -0.494 e. The molecule has 0 bridgehead atoms. The van der Waals surface area contributed by atoms with E-state index < -0.39 is 11.2 Å². The number of rotatable bonds is 3. The standard InChI is InChI=1S/C14H12FN3O/c1-19-12-3-2-9(6-10(12)15)11-7-17-13(18-11)14(8-16)4-5-14/h2-3,6-7H,4-5H2,1H3,(H,17,18). The molecule has 3 rings (SSSR count). The van der Waals surface area contributed by atoms with Crippen LogP contribution in [0, 0.1) is 17.1 Å². The molecule has 19 heavy (non-hydrogen) atoms. The minimum atomic E-state index is -0.455. The monoisotopic (exact) mass is 257 g/mol. The van der Waals surface area contributed by atoms with E-state index in [1.807, 2.05) is 0 Å². The van der Waals surface area contributed by atoms with E-state index in [1.165, 1.54) is 13.2 Å². The molecule has 2 aromatic rings. The average Bonchev–Trinajstić information content (AvgIpc) is 3.08. The van der Waals surface area contributed by atoms with E-state index in [4.69, 9.17) is 10.00 Å². The molecule has 0 amide bonds. The maximum Gasteiger partial charge on any atom is 0.165 e. The van der Waals surface area contributed by atoms with Gasteiger partial charge in [-0.3, -0.25) is 0 Å². The quantitative estimate of drug-likeness (QED) is 0.919. The average molecular weight is 257 g/mol. The molecule has 5 heteroatoms. The summed E-state index contributed by atoms with van der Waals surface area (Å²) in [6, 6.07) is 6.99. The van der Waals surface area contributed by atoms with Crippen molar-refractivity contribution in [2.24, 2.45) is 0 Å². The highest BCUT2D eigenvalue weighted by atomic mass is 19.1. The van der Waals surface area contributed by atoms with Crippen LogP contribution in [0.15, 0.2) is 24.4 Å². The molecule has 1 aromatic carbocycles. The largest absolute Gasteiger partial charge is 0.494 e. The molecule has 1 aliphatic rings. The maximum absolute atomic E-state index is 13.6. The first-order chi connectivity index (χ1) is 9.18. The summed E-state index contributed by atoms with van der Waals surface area (Å²) in [5.74, 6) is 0.456. The minimum absolute atomic E-state index is 0.208. The molecular formula is C14H12FN3O. The van der Waals surface area contributed by atoms with Crippen molar-refractivity contribution < 1.29 is 9.13 Å². The van der Waals surface area contributed by atoms with Crippen LogP contribution in [0.5, 0.6) is 5.75 Å². The third kappa shape index (κ3) is 1.85. The summed E-state index contributed by atoms with van der Waals surface area (Å²) in [7, 11) is 1.43. The van der Waals surface area contributed by atoms with Gasteiger partial charge in [0.15, 0.2) is 11.6 Å². The van der Waals surface area contributed by atoms with Crippen LogP contribution in [0.25, 0.3) is 11.3 Å². The summed E-state index contributed by atoms with van der Waals surface area (Å²) in [6.07, 6.45) is 3.29. The van der Waals surface area contributed by atoms with Gasteiger partial charge < -0.3 is 9.72 Å². The number of hydrogen-bond donors (Lipinski definition) is 1. The maximum atomic E-state index is 13.6. The van der Waals surface area contributed by atoms with Gasteiger partial charge in [0.25, 0.3) is 0 Å². The second kappa shape index (κ2) is 4.09. The first-order valence-electron chi connectivity index (χ1n) is 5.99. The highest BCUT2D eigenvalue weighted by Gasteiger charge is 2.47. The molecule has 1 aliphatic carbocycles. The van der Waals surface area contributed by atoms with Gasteiger partial charge in [0.05, 0.1) is 25.1 Å². The lowest BCUT2D eigenvalue weighted by atomic mass is 10.1. The van der Waals surface area contributed by atoms with Crippen molar-refractivity contribution in [2.75, 3.05) is 7.11 Å². The van der Waals surface area contributed by atoms with Gasteiger partial charge in [-0.15, -0.1) is 0 Å². The van der Waals surface area contributed by atoms with E-state index in [1.54, 1.807) is 18.3 Å². The fourth-order valence-electron chi connectivity index (χ4n) is 2.07. The van der Waals surface area contributed by atoms with Crippen molar-refractivity contribution in [3.05, 3.63) is 36.0 Å². The molecule has 4 nitrogen and oxygen atoms in total. The third-order valence-corrected chi connectivity index (χ3v) is 3.46. The Hall–Kier alpha value is -2.35. The predicted molar refractivity (Wildman–Crippen MR) is 67.1 cm³/mol. The molecule has 0 saturated heterocycles. The van der Waals surface area contributed by atoms with Gasteiger partial charge >= 0.3 is 0 Å². The predicted octanol–water partition coefficient (Wildman–Crippen LogP) is 2.78. The number of H-pyrrole nitrogens is 1. The van der Waals surface area contributed by atoms with Gasteiger partial charge in [0.2, 0.25) is 0 Å². The van der Waals surface area contributed by atoms with Crippen molar-refractivity contribution in [3.8, 4) is 23.1 Å². The zero-order chi connectivity index (χ0) is 13.5. The van der Waals surface area contributed by atoms with E-state index in [9.17, 15) is 4.39 Å². The number of nitrogens with one attached hydrogen (secondary N) is 1. The number of methoxy groups -OCH3 is 1. The summed E-state index contributed by atoms with van der Waals surface area (Å²) in [4.78, 5) is 7.34. The number of hydrogen-bond acceptors (Lipinski definition) is 3. The lowest BCUT2D eigenvalue weighted by molar-refractivity contribution is 0.386. The SMILES string of the molecule is COc1ccc(-c2cnc(C3(C#N)CC3)[nH]2)cc1F. The molecule has 1 saturated carbocycles. The third-order valence-electron chi connectivity index (χ3n) is 3.46. The van der Waals surface area contributed by atoms with Gasteiger partial charge in [0.1, 0.15) is 11.2 Å². The number of ether oxygens (including phenoxy) is 1. The molecule has 0 unspecified atom stereocenters. The molecule has 0 spiro atoms. The lowest BCUT2D eigenvalue weighted by Crippen LogP contribution is -2.04. The van der Waals surface area contributed by atoms with E-state index in [-0.39, 0.29) is 5.75 Å². The molecule has 0 radical (unpaired) electrons. The van der Waals surface area contributed by atoms with Crippen LogP contribution in [-0.2, 0) is 5.41 Å². The van der Waals surface area contributed by atoms with Crippen LogP contribution < -0.4 is 4.74 Å². The van der Waals surface area contributed by atoms with Crippen LogP contribution in [0.4, 0.5) is 4.39 Å². The van der Waals surface area contributed by atoms with Crippen LogP contribution in [0.3, 0.4) is 0 Å². The van der Waals surface area contributed by atoms with Gasteiger partial charge in [0, 0.05) is 5.56 Å². The molecular weight excluding hydrogens is 245 g/mol. The Morgan fingerprint density at radius 1 is 1.47 bits per heavy atom. The second-order valence-corrected chi connectivity index (χ2v) is 4.69. The summed E-state index contributed by atoms with van der Waals surface area (Å²) < 4.78 is 18.5. The van der Waals surface area contributed by atoms with Crippen molar-refractivity contribution in [3.63, 3.8) is 0 Å². The van der Waals surface area contributed by atoms with Crippen molar-refractivity contribution in [2.45, 2.75) is 18.3 Å². The van der Waals surface area contributed by atoms with E-state index in [0.29, 0.717) is 17.1 Å². The van der Waals surface area contributed by atoms with E-state index in [2.05, 4.69) is 16.0 Å². The normalized spacial score (nSPS) is 15.8. The number of imidazole rings is 1. The molecule has 0 atom stereocenters. The van der Waals surface area contributed by atoms with E-state index >= 15 is 0 Å². The summed E-state index contributed by atoms with van der Waals surface area (Å²) in [5, 5.41) is 9.12. The smallest absolute Gasteiger partial charge is 0.165 e. The Morgan fingerprint density at radius 2 is 2.26 bits per heavy atom. The molecule has 1 heterocycles. The molecule has 0 aliphatic heterocycles. The lowest BCUT2D eigenvalue weighted by Gasteiger charge is -2.04. The first-order valence-corrected chi connectivity index (χ1v) is 5.99. The highest BCUT2D eigenvalue weighted by molar-refractivity contribution is 5.60. The van der Waals surface area contributed by atoms with Crippen LogP contribution in [0.1, 0.15) is 18.7 Å². The highest BCUT2D eigenvalue weighted by Crippen LogP contribution is 2.46. The van der Waals surface area contributed by atoms with Gasteiger partial charge in [-0.05, 0) is 31.0 Å². The van der Waals surface area contributed by atoms with Crippen molar-refractivity contribution in [1.29, 1.82) is 5.26 Å². The van der Waals surface area contributed by atoms with Crippen LogP contribution in [-0.4, -0.2) is 17.1 Å². The van der Waals surface area contributed by atoms with Gasteiger partial charge in [-0.1, -0.05) is 0 Å². The summed E-state index contributed by atoms with van der Waals surface area (Å²) in [5.41, 5.74) is 0.937. The van der Waals surface area contributed by atoms with Gasteiger partial charge in [-0.25, -0.2) is 9.37 Å². The fraction of sp³-hybridized carbons (Fsp3) is 0.286. The Morgan fingerprint density at radius 3 is 2.84 bits per heavy atom. The van der Waals surface area contributed by atoms with E-state index in [0.717, 1.165) is 12.8 Å². The number of aromatic amines is 1. The first kappa shape index (κ1) is 11.7.